The molecule has 90 heavy (non-hydrogen) atoms. The van der Waals surface area contributed by atoms with Crippen molar-refractivity contribution in [2.45, 2.75) is 13.7 Å². The molecular weight excluding hydrogens is 1230 g/mol. The number of carbonyl (C=O) groups is 5. The first kappa shape index (κ1) is 74.3. The third kappa shape index (κ3) is 15.3. The molecule has 0 aliphatic heterocycles. The molecule has 28 heteroatoms. The summed E-state index contributed by atoms with van der Waals surface area (Å²) in [6.07, 6.45) is 11.2. The molecule has 0 spiro atoms. The van der Waals surface area contributed by atoms with E-state index in [0.29, 0.717) is 135 Å². The second-order valence-corrected chi connectivity index (χ2v) is 17.6. The van der Waals surface area contributed by atoms with Crippen LogP contribution in [-0.2, 0) is 16.4 Å². The van der Waals surface area contributed by atoms with Gasteiger partial charge in [-0.05, 0) is 79.7 Å². The van der Waals surface area contributed by atoms with Gasteiger partial charge in [0.2, 0.25) is 34.6 Å². The van der Waals surface area contributed by atoms with E-state index in [9.17, 15) is 24.3 Å². The fraction of sp³-hybridized carbons (Fsp3) is 0.226. The van der Waals surface area contributed by atoms with Crippen molar-refractivity contribution in [2.24, 2.45) is 0 Å². The zero-order chi connectivity index (χ0) is 64.5. The number of nitrogens with one attached hydrogen (secondary N) is 2. The Morgan fingerprint density at radius 3 is 1.19 bits per heavy atom. The van der Waals surface area contributed by atoms with Crippen molar-refractivity contribution < 1.29 is 200 Å². The molecule has 3 heterocycles. The summed E-state index contributed by atoms with van der Waals surface area (Å²) in [4.78, 5) is 62.9. The maximum Gasteiger partial charge on any atom is 1.00 e. The number of fused-ring (bicyclic) bond motifs is 3. The van der Waals surface area contributed by atoms with Crippen LogP contribution in [0.5, 0.6) is 69.0 Å². The van der Waals surface area contributed by atoms with Crippen LogP contribution in [0.3, 0.4) is 0 Å². The molecule has 9 rings (SSSR count). The molecule has 0 atom stereocenters. The standard InChI is InChI=1S/C21H20N2O6.C20H20N2O6.C20H18N2O5.CH2O3.2K.H/c1-6-13-15(26-2)8-7-14-18(22-23(11-24)19(13)14)20(25)12-9-16(27-3)21(29-5)17(10-12)28-4;1-10(23)16-13(25-2)7-6-12-17(16)21-22-18(12)19(24)11-8-14(26-3)20(28-5)15(9-11)27-4;1-6-12-14(24-2)8-7-13-17(12)21-22-18(13)19(23)11-9-15(25-3)20(27-5)16(10-11)26-4;2-1-4-3;;;/h1,7-10,24H,11H2,2-5H3;6-9H,1-5H3,(H,21,22);1,7-10H,2-5H3,(H,21,22);1,3H;;;/q;;;;2*+1;-1/p-1. The van der Waals surface area contributed by atoms with Crippen molar-refractivity contribution in [3.05, 3.63) is 123 Å². The Hall–Kier alpha value is -8.21. The Balaban J connectivity index is 0.000000340. The summed E-state index contributed by atoms with van der Waals surface area (Å²) >= 11 is 0. The normalized spacial score (nSPS) is 10.0. The number of Topliss-reactive ketones (excluding diaryl/α,β-unsaturated/α-hetero) is 1. The Bertz CT molecular complexity index is 4110. The van der Waals surface area contributed by atoms with Crippen molar-refractivity contribution in [3.8, 4) is 93.7 Å². The number of terminal acetylenes is 2. The van der Waals surface area contributed by atoms with Gasteiger partial charge >= 0.3 is 103 Å². The van der Waals surface area contributed by atoms with E-state index < -0.39 is 12.5 Å². The molecule has 0 saturated heterocycles. The fourth-order valence-electron chi connectivity index (χ4n) is 9.19. The van der Waals surface area contributed by atoms with Crippen molar-refractivity contribution in [2.75, 3.05) is 85.3 Å². The van der Waals surface area contributed by atoms with Gasteiger partial charge in [0.25, 0.3) is 6.47 Å². The van der Waals surface area contributed by atoms with E-state index in [-0.39, 0.29) is 145 Å². The first-order chi connectivity index (χ1) is 42.5. The molecule has 0 aliphatic rings. The minimum absolute atomic E-state index is 0. The monoisotopic (exact) mass is 1290 g/mol. The maximum absolute atomic E-state index is 13.3. The molecule has 460 valence electrons. The molecule has 0 unspecified atom stereocenters. The Morgan fingerprint density at radius 1 is 0.522 bits per heavy atom. The quantitative estimate of drug-likeness (QED) is 0.0222. The van der Waals surface area contributed by atoms with E-state index in [1.54, 1.807) is 72.8 Å². The van der Waals surface area contributed by atoms with Gasteiger partial charge in [-0.1, -0.05) is 11.8 Å². The fourth-order valence-corrected chi connectivity index (χ4v) is 9.19. The summed E-state index contributed by atoms with van der Waals surface area (Å²) in [5.74, 6) is 8.58. The van der Waals surface area contributed by atoms with Crippen LogP contribution in [0.2, 0.25) is 0 Å². The molecule has 9 aromatic rings. The molecule has 0 aliphatic carbocycles. The van der Waals surface area contributed by atoms with Crippen LogP contribution >= 0.6 is 0 Å². The van der Waals surface area contributed by atoms with Gasteiger partial charge in [-0.25, -0.2) is 4.68 Å². The van der Waals surface area contributed by atoms with E-state index in [1.807, 2.05) is 0 Å². The second kappa shape index (κ2) is 34.7. The van der Waals surface area contributed by atoms with Gasteiger partial charge < -0.3 is 73.5 Å². The topological polar surface area (TPSA) is 324 Å². The first-order valence-electron chi connectivity index (χ1n) is 25.5. The SMILES string of the molecule is C#Cc1c(OC)ccc2c(C(=O)c3cc(OC)c(OC)c(OC)c3)[nH]nc12.C#Cc1c(OC)ccc2c(C(=O)c3cc(OC)c(OC)c(OC)c3)nn(CO)c12.COc1cc(C(=O)c2[nH]nc3c(C(C)=O)c(OC)ccc23)cc(OC)c1OC.O=CO[O-].[H-].[K+].[K+]. The molecule has 0 radical (unpaired) electrons. The number of benzene rings is 6. The number of nitrogens with zero attached hydrogens (tertiary/aromatic N) is 4. The summed E-state index contributed by atoms with van der Waals surface area (Å²) in [6, 6.07) is 19.5. The number of aliphatic hydroxyl groups is 1. The summed E-state index contributed by atoms with van der Waals surface area (Å²) in [5.41, 5.74) is 4.14. The van der Waals surface area contributed by atoms with Crippen LogP contribution in [0.15, 0.2) is 72.8 Å². The van der Waals surface area contributed by atoms with Gasteiger partial charge in [0.15, 0.2) is 40.3 Å². The van der Waals surface area contributed by atoms with E-state index in [1.165, 1.54) is 96.9 Å². The molecule has 26 nitrogen and oxygen atoms in total. The number of rotatable bonds is 21. The number of methoxy groups -OCH3 is 12. The molecule has 3 N–H and O–H groups in total. The minimum Gasteiger partial charge on any atom is -1.00 e. The van der Waals surface area contributed by atoms with Gasteiger partial charge in [-0.15, -0.1) is 12.8 Å². The zero-order valence-corrected chi connectivity index (χ0v) is 58.1. The molecular formula is C62H60K2N6O20. The predicted molar refractivity (Wildman–Crippen MR) is 317 cm³/mol. The molecule has 6 aromatic carbocycles. The van der Waals surface area contributed by atoms with Crippen LogP contribution in [0, 0.1) is 24.7 Å². The summed E-state index contributed by atoms with van der Waals surface area (Å²) in [5, 5.41) is 38.0. The van der Waals surface area contributed by atoms with Gasteiger partial charge in [-0.2, -0.15) is 15.3 Å². The average Bonchev–Trinajstić information content (AvgIpc) is 2.19. The smallest absolute Gasteiger partial charge is 1.00 e. The third-order valence-corrected chi connectivity index (χ3v) is 13.2. The Labute approximate surface area is 602 Å². The molecule has 0 bridgehead atoms. The van der Waals surface area contributed by atoms with Crippen molar-refractivity contribution in [1.29, 1.82) is 0 Å². The minimum atomic E-state index is -0.457. The number of hydrogen-bond donors (Lipinski definition) is 3. The summed E-state index contributed by atoms with van der Waals surface area (Å²) in [6.45, 7) is 0.785. The van der Waals surface area contributed by atoms with Gasteiger partial charge in [0.05, 0.1) is 108 Å². The van der Waals surface area contributed by atoms with Crippen molar-refractivity contribution in [3.63, 3.8) is 0 Å². The number of hydrogen-bond acceptors (Lipinski definition) is 23. The predicted octanol–water partition coefficient (Wildman–Crippen LogP) is 0.629. The Kier molecular flexibility index (Phi) is 28.6. The first-order valence-corrected chi connectivity index (χ1v) is 25.5. The van der Waals surface area contributed by atoms with Crippen molar-refractivity contribution in [1.82, 2.24) is 30.2 Å². The van der Waals surface area contributed by atoms with Gasteiger partial charge in [0.1, 0.15) is 52.1 Å². The number of carbonyl (C=O) groups excluding carboxylic acids is 5. The average molecular weight is 1290 g/mol. The van der Waals surface area contributed by atoms with Crippen LogP contribution in [0.4, 0.5) is 0 Å². The third-order valence-electron chi connectivity index (χ3n) is 13.2. The zero-order valence-electron chi connectivity index (χ0n) is 52.9. The van der Waals surface area contributed by atoms with E-state index >= 15 is 0 Å². The van der Waals surface area contributed by atoms with Gasteiger partial charge in [0, 0.05) is 32.8 Å². The number of aromatic nitrogens is 6. The molecule has 0 amide bonds. The summed E-state index contributed by atoms with van der Waals surface area (Å²) in [7, 11) is 17.8. The molecule has 0 saturated carbocycles. The van der Waals surface area contributed by atoms with E-state index in [4.69, 9.17) is 79.7 Å². The van der Waals surface area contributed by atoms with Crippen LogP contribution in [0.1, 0.15) is 78.0 Å². The number of ketones is 4. The number of aliphatic hydroxyl groups excluding tert-OH is 1. The number of ether oxygens (including phenoxy) is 12. The van der Waals surface area contributed by atoms with Crippen molar-refractivity contribution >= 4 is 62.3 Å². The van der Waals surface area contributed by atoms with Crippen LogP contribution < -0.4 is 165 Å². The summed E-state index contributed by atoms with van der Waals surface area (Å²) < 4.78 is 64.8. The Morgan fingerprint density at radius 2 is 0.856 bits per heavy atom. The van der Waals surface area contributed by atoms with E-state index in [0.717, 1.165) is 0 Å². The maximum atomic E-state index is 13.3. The number of aromatic amines is 2. The number of H-pyrrole nitrogens is 2. The van der Waals surface area contributed by atoms with Gasteiger partial charge in [-0.3, -0.25) is 34.2 Å². The second-order valence-electron chi connectivity index (χ2n) is 17.6. The molecule has 3 aromatic heterocycles. The van der Waals surface area contributed by atoms with E-state index in [2.05, 4.69) is 42.2 Å². The molecule has 0 fully saturated rings. The largest absolute Gasteiger partial charge is 1.00 e. The van der Waals surface area contributed by atoms with Crippen LogP contribution in [-0.4, -0.2) is 150 Å². The van der Waals surface area contributed by atoms with Crippen LogP contribution in [0.25, 0.3) is 32.7 Å².